The highest BCUT2D eigenvalue weighted by atomic mass is 32.1. The van der Waals surface area contributed by atoms with Gasteiger partial charge in [-0.15, -0.1) is 11.3 Å². The van der Waals surface area contributed by atoms with Gasteiger partial charge in [-0.25, -0.2) is 9.78 Å². The van der Waals surface area contributed by atoms with Crippen LogP contribution in [-0.2, 0) is 13.1 Å². The number of para-hydroxylation sites is 1. The summed E-state index contributed by atoms with van der Waals surface area (Å²) >= 11 is 1.61. The van der Waals surface area contributed by atoms with Crippen LogP contribution in [-0.4, -0.2) is 36.1 Å². The van der Waals surface area contributed by atoms with E-state index in [4.69, 9.17) is 0 Å². The van der Waals surface area contributed by atoms with Gasteiger partial charge in [0.1, 0.15) is 5.01 Å². The molecule has 0 unspecified atom stereocenters. The van der Waals surface area contributed by atoms with Gasteiger partial charge in [0.15, 0.2) is 0 Å². The van der Waals surface area contributed by atoms with Crippen LogP contribution in [0.1, 0.15) is 17.0 Å². The average molecular weight is 369 g/mol. The van der Waals surface area contributed by atoms with Gasteiger partial charge >= 0.3 is 6.03 Å². The van der Waals surface area contributed by atoms with Gasteiger partial charge in [-0.3, -0.25) is 0 Å². The first-order valence-electron chi connectivity index (χ1n) is 8.79. The fourth-order valence-electron chi connectivity index (χ4n) is 2.74. The first-order chi connectivity index (χ1) is 12.7. The zero-order valence-corrected chi connectivity index (χ0v) is 15.8. The van der Waals surface area contributed by atoms with Gasteiger partial charge in [0.25, 0.3) is 0 Å². The van der Waals surface area contributed by atoms with Crippen LogP contribution in [0.15, 0.2) is 54.6 Å². The number of aromatic nitrogens is 1. The normalized spacial score (nSPS) is 11.0. The summed E-state index contributed by atoms with van der Waals surface area (Å²) in [7, 11) is 2.10. The number of carbonyl (C=O) groups excluding carboxylic acids is 1. The van der Waals surface area contributed by atoms with Gasteiger partial charge in [-0.2, -0.15) is 0 Å². The van der Waals surface area contributed by atoms with E-state index in [1.807, 2.05) is 30.3 Å². The van der Waals surface area contributed by atoms with E-state index in [1.54, 1.807) is 11.3 Å². The van der Waals surface area contributed by atoms with Crippen molar-refractivity contribution < 1.29 is 4.79 Å². The number of hydrogen-bond acceptors (Lipinski definition) is 4. The average Bonchev–Trinajstić information content (AvgIpc) is 3.07. The molecular formula is C20H24N4OS. The van der Waals surface area contributed by atoms with Gasteiger partial charge in [-0.1, -0.05) is 42.5 Å². The maximum absolute atomic E-state index is 11.9. The number of nitrogens with one attached hydrogen (secondary N) is 2. The Kier molecular flexibility index (Phi) is 6.57. The molecule has 0 aliphatic carbocycles. The van der Waals surface area contributed by atoms with Gasteiger partial charge in [0.05, 0.1) is 16.8 Å². The fourth-order valence-corrected chi connectivity index (χ4v) is 3.65. The Hall–Kier alpha value is -2.44. The lowest BCUT2D eigenvalue weighted by Gasteiger charge is -2.16. The van der Waals surface area contributed by atoms with Gasteiger partial charge in [0, 0.05) is 13.1 Å². The van der Waals surface area contributed by atoms with Crippen molar-refractivity contribution in [3.8, 4) is 0 Å². The Morgan fingerprint density at radius 1 is 1.08 bits per heavy atom. The Balaban J connectivity index is 1.31. The van der Waals surface area contributed by atoms with Gasteiger partial charge < -0.3 is 15.5 Å². The molecule has 0 bridgehead atoms. The maximum atomic E-state index is 11.9. The number of hydrogen-bond donors (Lipinski definition) is 2. The second kappa shape index (κ2) is 9.31. The summed E-state index contributed by atoms with van der Waals surface area (Å²) < 4.78 is 1.14. The molecule has 0 saturated carbocycles. The van der Waals surface area contributed by atoms with Gasteiger partial charge in [-0.05, 0) is 37.7 Å². The number of benzene rings is 2. The van der Waals surface area contributed by atoms with Crippen LogP contribution in [0.25, 0.3) is 10.2 Å². The summed E-state index contributed by atoms with van der Waals surface area (Å²) in [5.41, 5.74) is 2.28. The van der Waals surface area contributed by atoms with Crippen molar-refractivity contribution in [3.63, 3.8) is 0 Å². The minimum absolute atomic E-state index is 0.144. The first kappa shape index (κ1) is 18.4. The maximum Gasteiger partial charge on any atom is 0.315 e. The molecule has 0 fully saturated rings. The van der Waals surface area contributed by atoms with Crippen molar-refractivity contribution in [2.24, 2.45) is 0 Å². The largest absolute Gasteiger partial charge is 0.338 e. The van der Waals surface area contributed by atoms with Crippen LogP contribution < -0.4 is 10.6 Å². The Labute approximate surface area is 158 Å². The van der Waals surface area contributed by atoms with E-state index in [-0.39, 0.29) is 6.03 Å². The van der Waals surface area contributed by atoms with Crippen LogP contribution in [0, 0.1) is 0 Å². The molecule has 6 heteroatoms. The van der Waals surface area contributed by atoms with Crippen LogP contribution >= 0.6 is 11.3 Å². The van der Waals surface area contributed by atoms with E-state index in [9.17, 15) is 4.79 Å². The zero-order valence-electron chi connectivity index (χ0n) is 14.9. The number of nitrogens with zero attached hydrogens (tertiary/aromatic N) is 2. The molecule has 0 radical (unpaired) electrons. The van der Waals surface area contributed by atoms with Crippen molar-refractivity contribution in [2.45, 2.75) is 19.5 Å². The molecule has 3 aromatic rings. The minimum Gasteiger partial charge on any atom is -0.338 e. The molecule has 0 spiro atoms. The lowest BCUT2D eigenvalue weighted by Crippen LogP contribution is -2.36. The van der Waals surface area contributed by atoms with E-state index < -0.39 is 0 Å². The molecule has 0 saturated heterocycles. The summed E-state index contributed by atoms with van der Waals surface area (Å²) in [6.45, 7) is 2.97. The first-order valence-corrected chi connectivity index (χ1v) is 9.61. The number of amides is 2. The summed E-state index contributed by atoms with van der Waals surface area (Å²) in [5, 5.41) is 6.70. The molecule has 3 rings (SSSR count). The lowest BCUT2D eigenvalue weighted by atomic mass is 10.2. The summed E-state index contributed by atoms with van der Waals surface area (Å²) in [4.78, 5) is 18.7. The molecule has 2 aromatic carbocycles. The monoisotopic (exact) mass is 368 g/mol. The van der Waals surface area contributed by atoms with Crippen LogP contribution in [0.2, 0.25) is 0 Å². The third-order valence-corrected chi connectivity index (χ3v) is 5.07. The topological polar surface area (TPSA) is 57.3 Å². The predicted molar refractivity (Wildman–Crippen MR) is 107 cm³/mol. The lowest BCUT2D eigenvalue weighted by molar-refractivity contribution is 0.239. The Bertz CT molecular complexity index is 801. The molecule has 2 amide bonds. The summed E-state index contributed by atoms with van der Waals surface area (Å²) in [6.07, 6.45) is 0.915. The number of urea groups is 1. The predicted octanol–water partition coefficient (Wildman–Crippen LogP) is 3.62. The SMILES string of the molecule is CN(CCCNC(=O)NCc1nc2ccccc2s1)Cc1ccccc1. The van der Waals surface area contributed by atoms with Crippen molar-refractivity contribution in [3.05, 3.63) is 65.2 Å². The quantitative estimate of drug-likeness (QED) is 0.597. The van der Waals surface area contributed by atoms with Crippen LogP contribution in [0.4, 0.5) is 4.79 Å². The van der Waals surface area contributed by atoms with E-state index in [0.29, 0.717) is 13.1 Å². The molecule has 26 heavy (non-hydrogen) atoms. The smallest absolute Gasteiger partial charge is 0.315 e. The molecule has 0 aliphatic heterocycles. The molecular weight excluding hydrogens is 344 g/mol. The molecule has 0 aliphatic rings. The molecule has 2 N–H and O–H groups in total. The number of carbonyl (C=O) groups is 1. The van der Waals surface area contributed by atoms with E-state index >= 15 is 0 Å². The van der Waals surface area contributed by atoms with Crippen molar-refractivity contribution in [2.75, 3.05) is 20.1 Å². The highest BCUT2D eigenvalue weighted by Gasteiger charge is 2.05. The second-order valence-electron chi connectivity index (χ2n) is 6.26. The molecule has 1 aromatic heterocycles. The number of thiazole rings is 1. The third-order valence-electron chi connectivity index (χ3n) is 4.04. The molecule has 0 atom stereocenters. The number of rotatable bonds is 8. The second-order valence-corrected chi connectivity index (χ2v) is 7.38. The van der Waals surface area contributed by atoms with Crippen molar-refractivity contribution >= 4 is 27.6 Å². The third kappa shape index (κ3) is 5.54. The fraction of sp³-hybridized carbons (Fsp3) is 0.300. The zero-order chi connectivity index (χ0) is 18.2. The Morgan fingerprint density at radius 3 is 2.65 bits per heavy atom. The highest BCUT2D eigenvalue weighted by Crippen LogP contribution is 2.21. The molecule has 136 valence electrons. The van der Waals surface area contributed by atoms with Crippen LogP contribution in [0.3, 0.4) is 0 Å². The minimum atomic E-state index is -0.144. The van der Waals surface area contributed by atoms with E-state index in [0.717, 1.165) is 34.7 Å². The summed E-state index contributed by atoms with van der Waals surface area (Å²) in [5.74, 6) is 0. The van der Waals surface area contributed by atoms with Crippen molar-refractivity contribution in [1.82, 2.24) is 20.5 Å². The van der Waals surface area contributed by atoms with Gasteiger partial charge in [0.2, 0.25) is 0 Å². The molecule has 5 nitrogen and oxygen atoms in total. The standard InChI is InChI=1S/C20H24N4OS/c1-24(15-16-8-3-2-4-9-16)13-7-12-21-20(25)22-14-19-23-17-10-5-6-11-18(17)26-19/h2-6,8-11H,7,12-15H2,1H3,(H2,21,22,25). The highest BCUT2D eigenvalue weighted by molar-refractivity contribution is 7.18. The van der Waals surface area contributed by atoms with Crippen LogP contribution in [0.5, 0.6) is 0 Å². The van der Waals surface area contributed by atoms with E-state index in [2.05, 4.69) is 51.8 Å². The number of fused-ring (bicyclic) bond motifs is 1. The molecule has 1 heterocycles. The van der Waals surface area contributed by atoms with E-state index in [1.165, 1.54) is 5.56 Å². The van der Waals surface area contributed by atoms with Crippen molar-refractivity contribution in [1.29, 1.82) is 0 Å². The Morgan fingerprint density at radius 2 is 1.85 bits per heavy atom. The summed E-state index contributed by atoms with van der Waals surface area (Å²) in [6, 6.07) is 18.3.